The SMILES string of the molecule is CCN1C(C)CCOC(C)C1C. The molecule has 1 fully saturated rings. The molecular weight excluding hydrogens is 150 g/mol. The average molecular weight is 171 g/mol. The van der Waals surface area contributed by atoms with Gasteiger partial charge in [-0.15, -0.1) is 0 Å². The van der Waals surface area contributed by atoms with Crippen LogP contribution in [-0.4, -0.2) is 36.2 Å². The van der Waals surface area contributed by atoms with Gasteiger partial charge in [0.2, 0.25) is 0 Å². The van der Waals surface area contributed by atoms with E-state index in [2.05, 4.69) is 32.6 Å². The van der Waals surface area contributed by atoms with Crippen LogP contribution < -0.4 is 0 Å². The van der Waals surface area contributed by atoms with Crippen LogP contribution in [0.1, 0.15) is 34.1 Å². The molecule has 12 heavy (non-hydrogen) atoms. The summed E-state index contributed by atoms with van der Waals surface area (Å²) < 4.78 is 5.68. The number of hydrogen-bond donors (Lipinski definition) is 0. The molecule has 0 aromatic carbocycles. The van der Waals surface area contributed by atoms with E-state index >= 15 is 0 Å². The standard InChI is InChI=1S/C10H21NO/c1-5-11-8(2)6-7-12-10(4)9(11)3/h8-10H,5-7H2,1-4H3. The third kappa shape index (κ3) is 1.99. The Bertz CT molecular complexity index is 138. The van der Waals surface area contributed by atoms with Gasteiger partial charge in [-0.1, -0.05) is 6.92 Å². The third-order valence-corrected chi connectivity index (χ3v) is 3.05. The van der Waals surface area contributed by atoms with Crippen LogP contribution in [0.5, 0.6) is 0 Å². The van der Waals surface area contributed by atoms with Crippen LogP contribution in [0.2, 0.25) is 0 Å². The lowest BCUT2D eigenvalue weighted by Gasteiger charge is -2.32. The summed E-state index contributed by atoms with van der Waals surface area (Å²) in [4.78, 5) is 2.53. The normalized spacial score (nSPS) is 39.5. The number of hydrogen-bond acceptors (Lipinski definition) is 2. The summed E-state index contributed by atoms with van der Waals surface area (Å²) in [5.74, 6) is 0. The van der Waals surface area contributed by atoms with Gasteiger partial charge in [0.15, 0.2) is 0 Å². The van der Waals surface area contributed by atoms with Crippen molar-refractivity contribution in [3.8, 4) is 0 Å². The number of rotatable bonds is 1. The fraction of sp³-hybridized carbons (Fsp3) is 1.00. The maximum Gasteiger partial charge on any atom is 0.0699 e. The highest BCUT2D eigenvalue weighted by Crippen LogP contribution is 2.17. The molecule has 0 aromatic heterocycles. The quantitative estimate of drug-likeness (QED) is 0.597. The Morgan fingerprint density at radius 3 is 2.58 bits per heavy atom. The second-order valence-electron chi connectivity index (χ2n) is 3.78. The third-order valence-electron chi connectivity index (χ3n) is 3.05. The topological polar surface area (TPSA) is 12.5 Å². The molecule has 0 spiro atoms. The highest BCUT2D eigenvalue weighted by Gasteiger charge is 2.26. The average Bonchev–Trinajstić information content (AvgIpc) is 2.14. The van der Waals surface area contributed by atoms with E-state index in [4.69, 9.17) is 4.74 Å². The Morgan fingerprint density at radius 2 is 2.00 bits per heavy atom. The largest absolute Gasteiger partial charge is 0.377 e. The van der Waals surface area contributed by atoms with E-state index in [0.29, 0.717) is 18.2 Å². The molecule has 2 nitrogen and oxygen atoms in total. The molecule has 1 aliphatic heterocycles. The first-order chi connectivity index (χ1) is 5.66. The summed E-state index contributed by atoms with van der Waals surface area (Å²) in [6, 6.07) is 1.24. The summed E-state index contributed by atoms with van der Waals surface area (Å²) >= 11 is 0. The molecule has 1 rings (SSSR count). The van der Waals surface area contributed by atoms with E-state index in [0.717, 1.165) is 13.2 Å². The van der Waals surface area contributed by atoms with Crippen molar-refractivity contribution in [2.24, 2.45) is 0 Å². The van der Waals surface area contributed by atoms with Crippen LogP contribution in [0.3, 0.4) is 0 Å². The van der Waals surface area contributed by atoms with Crippen LogP contribution in [0.25, 0.3) is 0 Å². The molecule has 2 heteroatoms. The zero-order valence-corrected chi connectivity index (χ0v) is 8.71. The molecule has 3 atom stereocenters. The van der Waals surface area contributed by atoms with Crippen molar-refractivity contribution in [3.63, 3.8) is 0 Å². The molecule has 1 aliphatic rings. The van der Waals surface area contributed by atoms with Gasteiger partial charge in [0.25, 0.3) is 0 Å². The molecule has 0 aromatic rings. The van der Waals surface area contributed by atoms with Crippen LogP contribution in [0.4, 0.5) is 0 Å². The molecule has 1 heterocycles. The molecule has 1 saturated heterocycles. The summed E-state index contributed by atoms with van der Waals surface area (Å²) in [5, 5.41) is 0. The Hall–Kier alpha value is -0.0800. The van der Waals surface area contributed by atoms with Gasteiger partial charge < -0.3 is 4.74 Å². The minimum atomic E-state index is 0.384. The first kappa shape index (κ1) is 10.0. The van der Waals surface area contributed by atoms with E-state index in [-0.39, 0.29) is 0 Å². The molecule has 0 amide bonds. The molecule has 3 unspecified atom stereocenters. The summed E-state index contributed by atoms with van der Waals surface area (Å²) in [6.07, 6.45) is 1.55. The van der Waals surface area contributed by atoms with E-state index in [9.17, 15) is 0 Å². The molecule has 0 saturated carbocycles. The van der Waals surface area contributed by atoms with Gasteiger partial charge in [0, 0.05) is 18.7 Å². The smallest absolute Gasteiger partial charge is 0.0699 e. The minimum absolute atomic E-state index is 0.384. The molecule has 0 radical (unpaired) electrons. The predicted molar refractivity (Wildman–Crippen MR) is 51.3 cm³/mol. The van der Waals surface area contributed by atoms with Crippen LogP contribution in [0, 0.1) is 0 Å². The molecule has 0 bridgehead atoms. The van der Waals surface area contributed by atoms with Gasteiger partial charge in [-0.05, 0) is 33.7 Å². The summed E-state index contributed by atoms with van der Waals surface area (Å²) in [6.45, 7) is 11.0. The molecule has 72 valence electrons. The number of nitrogens with zero attached hydrogens (tertiary/aromatic N) is 1. The van der Waals surface area contributed by atoms with Gasteiger partial charge >= 0.3 is 0 Å². The Balaban J connectivity index is 2.63. The summed E-state index contributed by atoms with van der Waals surface area (Å²) in [7, 11) is 0. The van der Waals surface area contributed by atoms with Crippen LogP contribution in [-0.2, 0) is 4.74 Å². The second-order valence-corrected chi connectivity index (χ2v) is 3.78. The van der Waals surface area contributed by atoms with E-state index in [1.165, 1.54) is 6.42 Å². The number of likely N-dealkylation sites (N-methyl/N-ethyl adjacent to an activating group) is 1. The van der Waals surface area contributed by atoms with E-state index in [1.54, 1.807) is 0 Å². The molecular formula is C10H21NO. The zero-order valence-electron chi connectivity index (χ0n) is 8.71. The lowest BCUT2D eigenvalue weighted by Crippen LogP contribution is -2.43. The maximum atomic E-state index is 5.68. The van der Waals surface area contributed by atoms with Crippen molar-refractivity contribution in [1.29, 1.82) is 0 Å². The number of ether oxygens (including phenoxy) is 1. The van der Waals surface area contributed by atoms with Gasteiger partial charge in [-0.2, -0.15) is 0 Å². The van der Waals surface area contributed by atoms with E-state index < -0.39 is 0 Å². The van der Waals surface area contributed by atoms with Crippen LogP contribution in [0.15, 0.2) is 0 Å². The lowest BCUT2D eigenvalue weighted by molar-refractivity contribution is 0.0328. The van der Waals surface area contributed by atoms with Crippen molar-refractivity contribution >= 4 is 0 Å². The van der Waals surface area contributed by atoms with Crippen molar-refractivity contribution in [2.45, 2.75) is 52.3 Å². The maximum absolute atomic E-state index is 5.68. The monoisotopic (exact) mass is 171 g/mol. The van der Waals surface area contributed by atoms with E-state index in [1.807, 2.05) is 0 Å². The van der Waals surface area contributed by atoms with Crippen molar-refractivity contribution in [1.82, 2.24) is 4.90 Å². The lowest BCUT2D eigenvalue weighted by atomic mass is 10.1. The van der Waals surface area contributed by atoms with Gasteiger partial charge in [-0.3, -0.25) is 4.90 Å². The van der Waals surface area contributed by atoms with Gasteiger partial charge in [0.1, 0.15) is 0 Å². The fourth-order valence-corrected chi connectivity index (χ4v) is 2.00. The molecule has 0 aliphatic carbocycles. The highest BCUT2D eigenvalue weighted by atomic mass is 16.5. The fourth-order valence-electron chi connectivity index (χ4n) is 2.00. The molecule has 0 N–H and O–H groups in total. The predicted octanol–water partition coefficient (Wildman–Crippen LogP) is 1.89. The Labute approximate surface area is 75.9 Å². The van der Waals surface area contributed by atoms with Crippen molar-refractivity contribution < 1.29 is 4.74 Å². The Morgan fingerprint density at radius 1 is 1.33 bits per heavy atom. The van der Waals surface area contributed by atoms with Gasteiger partial charge in [-0.25, -0.2) is 0 Å². The second kappa shape index (κ2) is 4.24. The minimum Gasteiger partial charge on any atom is -0.377 e. The van der Waals surface area contributed by atoms with Gasteiger partial charge in [0.05, 0.1) is 6.10 Å². The highest BCUT2D eigenvalue weighted by molar-refractivity contribution is 4.79. The summed E-state index contributed by atoms with van der Waals surface area (Å²) in [5.41, 5.74) is 0. The van der Waals surface area contributed by atoms with Crippen molar-refractivity contribution in [3.05, 3.63) is 0 Å². The first-order valence-corrected chi connectivity index (χ1v) is 5.04. The first-order valence-electron chi connectivity index (χ1n) is 5.04. The Kier molecular flexibility index (Phi) is 3.53. The van der Waals surface area contributed by atoms with Crippen molar-refractivity contribution in [2.75, 3.05) is 13.2 Å². The van der Waals surface area contributed by atoms with Crippen LogP contribution >= 0.6 is 0 Å². The zero-order chi connectivity index (χ0) is 9.14.